The normalized spacial score (nSPS) is 11.8. The number of anilines is 1. The van der Waals surface area contributed by atoms with Crippen LogP contribution in [0.25, 0.3) is 11.1 Å². The molecule has 33 heavy (non-hydrogen) atoms. The molecule has 172 valence electrons. The second-order valence-corrected chi connectivity index (χ2v) is 7.89. The van der Waals surface area contributed by atoms with Crippen molar-refractivity contribution < 1.29 is 19.0 Å². The second-order valence-electron chi connectivity index (χ2n) is 7.89. The number of hydrogen-bond acceptors (Lipinski definition) is 4. The molecule has 0 aliphatic rings. The number of phenols is 1. The first kappa shape index (κ1) is 24.0. The van der Waals surface area contributed by atoms with Gasteiger partial charge in [0.1, 0.15) is 23.9 Å². The van der Waals surface area contributed by atoms with E-state index in [9.17, 15) is 14.3 Å². The van der Waals surface area contributed by atoms with Crippen molar-refractivity contribution in [1.29, 1.82) is 0 Å². The van der Waals surface area contributed by atoms with Crippen LogP contribution in [0.2, 0.25) is 0 Å². The standard InChI is InChI=1S/C27H29FN2O3/c1-4-25(19-5-9-21(28)10-6-19)26(20-7-13-23(31)14-8-20)27(32)29-22-11-15-24(16-12-22)33-18-17-30(2)3/h5-16,31H,4,17-18H2,1-3H3,(H,29,32). The van der Waals surface area contributed by atoms with Gasteiger partial charge in [-0.3, -0.25) is 4.79 Å². The third-order valence-electron chi connectivity index (χ3n) is 5.15. The zero-order valence-electron chi connectivity index (χ0n) is 19.1. The maximum absolute atomic E-state index is 13.5. The minimum atomic E-state index is -0.335. The molecule has 2 N–H and O–H groups in total. The maximum atomic E-state index is 13.5. The molecule has 5 nitrogen and oxygen atoms in total. The van der Waals surface area contributed by atoms with E-state index in [4.69, 9.17) is 4.74 Å². The van der Waals surface area contributed by atoms with Crippen LogP contribution < -0.4 is 10.1 Å². The monoisotopic (exact) mass is 448 g/mol. The number of phenolic OH excluding ortho intramolecular Hbond substituents is 1. The van der Waals surface area contributed by atoms with E-state index >= 15 is 0 Å². The van der Waals surface area contributed by atoms with Crippen LogP contribution in [0.5, 0.6) is 11.5 Å². The fourth-order valence-corrected chi connectivity index (χ4v) is 3.42. The summed E-state index contributed by atoms with van der Waals surface area (Å²) in [5, 5.41) is 12.7. The topological polar surface area (TPSA) is 61.8 Å². The molecule has 0 heterocycles. The maximum Gasteiger partial charge on any atom is 0.256 e. The van der Waals surface area contributed by atoms with E-state index in [-0.39, 0.29) is 17.5 Å². The minimum absolute atomic E-state index is 0.114. The zero-order chi connectivity index (χ0) is 23.8. The van der Waals surface area contributed by atoms with Gasteiger partial charge in [-0.15, -0.1) is 0 Å². The Kier molecular flexibility index (Phi) is 8.22. The molecule has 1 amide bonds. The predicted molar refractivity (Wildman–Crippen MR) is 131 cm³/mol. The van der Waals surface area contributed by atoms with Gasteiger partial charge in [-0.25, -0.2) is 4.39 Å². The van der Waals surface area contributed by atoms with Gasteiger partial charge in [-0.05, 0) is 85.7 Å². The van der Waals surface area contributed by atoms with Crippen molar-refractivity contribution in [2.75, 3.05) is 32.6 Å². The van der Waals surface area contributed by atoms with E-state index < -0.39 is 0 Å². The SMILES string of the molecule is CCC(=C(C(=O)Nc1ccc(OCCN(C)C)cc1)c1ccc(O)cc1)c1ccc(F)cc1. The van der Waals surface area contributed by atoms with E-state index in [0.717, 1.165) is 23.4 Å². The Bertz CT molecular complexity index is 1090. The third kappa shape index (κ3) is 6.67. The van der Waals surface area contributed by atoms with Crippen LogP contribution in [-0.2, 0) is 4.79 Å². The number of aromatic hydroxyl groups is 1. The first-order valence-corrected chi connectivity index (χ1v) is 10.8. The third-order valence-corrected chi connectivity index (χ3v) is 5.15. The van der Waals surface area contributed by atoms with E-state index in [1.807, 2.05) is 38.1 Å². The largest absolute Gasteiger partial charge is 0.508 e. The van der Waals surface area contributed by atoms with Gasteiger partial charge >= 0.3 is 0 Å². The van der Waals surface area contributed by atoms with Gasteiger partial charge in [0.2, 0.25) is 0 Å². The molecule has 0 aliphatic heterocycles. The minimum Gasteiger partial charge on any atom is -0.508 e. The number of likely N-dealkylation sites (N-methyl/N-ethyl adjacent to an activating group) is 1. The fraction of sp³-hybridized carbons (Fsp3) is 0.222. The smallest absolute Gasteiger partial charge is 0.256 e. The van der Waals surface area contributed by atoms with E-state index in [1.54, 1.807) is 48.5 Å². The van der Waals surface area contributed by atoms with Crippen LogP contribution in [0.3, 0.4) is 0 Å². The summed E-state index contributed by atoms with van der Waals surface area (Å²) in [7, 11) is 3.97. The average molecular weight is 449 g/mol. The predicted octanol–water partition coefficient (Wildman–Crippen LogP) is 5.43. The second kappa shape index (κ2) is 11.3. The summed E-state index contributed by atoms with van der Waals surface area (Å²) in [6, 6.07) is 19.8. The van der Waals surface area contributed by atoms with Crippen molar-refractivity contribution in [1.82, 2.24) is 4.90 Å². The highest BCUT2D eigenvalue weighted by Crippen LogP contribution is 2.31. The quantitative estimate of drug-likeness (QED) is 0.338. The molecule has 0 unspecified atom stereocenters. The highest BCUT2D eigenvalue weighted by molar-refractivity contribution is 6.31. The van der Waals surface area contributed by atoms with E-state index in [1.165, 1.54) is 12.1 Å². The number of benzene rings is 3. The van der Waals surface area contributed by atoms with E-state index in [2.05, 4.69) is 5.32 Å². The molecule has 6 heteroatoms. The number of nitrogens with zero attached hydrogens (tertiary/aromatic N) is 1. The van der Waals surface area contributed by atoms with Crippen molar-refractivity contribution in [3.63, 3.8) is 0 Å². The van der Waals surface area contributed by atoms with Crippen LogP contribution in [0.1, 0.15) is 24.5 Å². The lowest BCUT2D eigenvalue weighted by Gasteiger charge is -2.16. The summed E-state index contributed by atoms with van der Waals surface area (Å²) in [5.74, 6) is 0.216. The molecule has 3 aromatic carbocycles. The Hall–Kier alpha value is -3.64. The van der Waals surface area contributed by atoms with Crippen LogP contribution in [0.15, 0.2) is 72.8 Å². The van der Waals surface area contributed by atoms with Crippen LogP contribution in [0, 0.1) is 5.82 Å². The fourth-order valence-electron chi connectivity index (χ4n) is 3.42. The van der Waals surface area contributed by atoms with Gasteiger partial charge in [0.05, 0.1) is 5.57 Å². The van der Waals surface area contributed by atoms with Crippen molar-refractivity contribution in [2.45, 2.75) is 13.3 Å². The number of amides is 1. The molecule has 0 atom stereocenters. The number of halogens is 1. The summed E-state index contributed by atoms with van der Waals surface area (Å²) >= 11 is 0. The lowest BCUT2D eigenvalue weighted by molar-refractivity contribution is -0.111. The first-order valence-electron chi connectivity index (χ1n) is 10.8. The number of rotatable bonds is 9. The van der Waals surface area contributed by atoms with E-state index in [0.29, 0.717) is 29.9 Å². The van der Waals surface area contributed by atoms with Gasteiger partial charge in [-0.2, -0.15) is 0 Å². The molecule has 0 bridgehead atoms. The summed E-state index contributed by atoms with van der Waals surface area (Å²) in [5.41, 5.74) is 3.31. The molecular formula is C27H29FN2O3. The summed E-state index contributed by atoms with van der Waals surface area (Å²) < 4.78 is 19.2. The zero-order valence-corrected chi connectivity index (χ0v) is 19.1. The van der Waals surface area contributed by atoms with Crippen LogP contribution in [-0.4, -0.2) is 43.2 Å². The number of allylic oxidation sites excluding steroid dienone is 1. The molecule has 0 saturated carbocycles. The molecule has 0 radical (unpaired) electrons. The Morgan fingerprint density at radius 1 is 0.939 bits per heavy atom. The van der Waals surface area contributed by atoms with Crippen LogP contribution in [0.4, 0.5) is 10.1 Å². The molecule has 0 saturated heterocycles. The van der Waals surface area contributed by atoms with Crippen molar-refractivity contribution in [3.8, 4) is 11.5 Å². The number of nitrogens with one attached hydrogen (secondary N) is 1. The van der Waals surface area contributed by atoms with Crippen molar-refractivity contribution in [3.05, 3.63) is 89.7 Å². The lowest BCUT2D eigenvalue weighted by atomic mass is 9.92. The van der Waals surface area contributed by atoms with Gasteiger partial charge in [0.15, 0.2) is 0 Å². The van der Waals surface area contributed by atoms with Crippen LogP contribution >= 0.6 is 0 Å². The number of ether oxygens (including phenoxy) is 1. The van der Waals surface area contributed by atoms with Gasteiger partial charge in [-0.1, -0.05) is 31.2 Å². The molecule has 0 aromatic heterocycles. The van der Waals surface area contributed by atoms with Gasteiger partial charge in [0, 0.05) is 12.2 Å². The molecule has 3 aromatic rings. The van der Waals surface area contributed by atoms with Gasteiger partial charge in [0.25, 0.3) is 5.91 Å². The molecule has 3 rings (SSSR count). The number of carbonyl (C=O) groups is 1. The Balaban J connectivity index is 1.90. The molecule has 0 aliphatic carbocycles. The Labute approximate surface area is 194 Å². The number of carbonyl (C=O) groups excluding carboxylic acids is 1. The summed E-state index contributed by atoms with van der Waals surface area (Å²) in [6.07, 6.45) is 0.563. The Morgan fingerprint density at radius 2 is 1.55 bits per heavy atom. The number of hydrogen-bond donors (Lipinski definition) is 2. The van der Waals surface area contributed by atoms with Gasteiger partial charge < -0.3 is 20.1 Å². The highest BCUT2D eigenvalue weighted by Gasteiger charge is 2.19. The Morgan fingerprint density at radius 3 is 2.12 bits per heavy atom. The first-order chi connectivity index (χ1) is 15.9. The summed E-state index contributed by atoms with van der Waals surface area (Å²) in [4.78, 5) is 15.5. The highest BCUT2D eigenvalue weighted by atomic mass is 19.1. The van der Waals surface area contributed by atoms with Crippen molar-refractivity contribution >= 4 is 22.7 Å². The lowest BCUT2D eigenvalue weighted by Crippen LogP contribution is -2.19. The molecule has 0 spiro atoms. The summed E-state index contributed by atoms with van der Waals surface area (Å²) in [6.45, 7) is 3.33. The molecule has 0 fully saturated rings. The van der Waals surface area contributed by atoms with Crippen molar-refractivity contribution in [2.24, 2.45) is 0 Å². The average Bonchev–Trinajstić information content (AvgIpc) is 2.80. The molecular weight excluding hydrogens is 419 g/mol.